The molecule has 0 saturated carbocycles. The topological polar surface area (TPSA) is 60.5 Å². The molecule has 0 fully saturated rings. The van der Waals surface area contributed by atoms with E-state index in [2.05, 4.69) is 10.3 Å². The normalized spacial score (nSPS) is 10.1. The van der Waals surface area contributed by atoms with Crippen LogP contribution in [-0.2, 0) is 6.61 Å². The molecule has 0 bridgehead atoms. The molecule has 0 aliphatic heterocycles. The summed E-state index contributed by atoms with van der Waals surface area (Å²) in [7, 11) is 1.53. The third kappa shape index (κ3) is 4.14. The van der Waals surface area contributed by atoms with Crippen molar-refractivity contribution in [1.29, 1.82) is 0 Å². The lowest BCUT2D eigenvalue weighted by atomic mass is 10.2. The number of methoxy groups -OCH3 is 1. The van der Waals surface area contributed by atoms with Gasteiger partial charge in [0.15, 0.2) is 11.6 Å². The fourth-order valence-electron chi connectivity index (χ4n) is 2.34. The lowest BCUT2D eigenvalue weighted by Crippen LogP contribution is -2.15. The van der Waals surface area contributed by atoms with Crippen molar-refractivity contribution in [3.05, 3.63) is 84.1 Å². The molecule has 0 spiro atoms. The van der Waals surface area contributed by atoms with Gasteiger partial charge in [-0.2, -0.15) is 0 Å². The first-order valence-corrected chi connectivity index (χ1v) is 7.84. The maximum Gasteiger partial charge on any atom is 0.260 e. The summed E-state index contributed by atoms with van der Waals surface area (Å²) in [6, 6.07) is 20.4. The Morgan fingerprint density at radius 3 is 2.48 bits per heavy atom. The van der Waals surface area contributed by atoms with E-state index in [-0.39, 0.29) is 5.91 Å². The van der Waals surface area contributed by atoms with Crippen LogP contribution in [0.3, 0.4) is 0 Å². The van der Waals surface area contributed by atoms with Crippen LogP contribution in [0.2, 0.25) is 0 Å². The molecule has 0 atom stereocenters. The Labute approximate surface area is 146 Å². The molecule has 0 radical (unpaired) electrons. The van der Waals surface area contributed by atoms with E-state index in [1.54, 1.807) is 36.5 Å². The fraction of sp³-hybridized carbons (Fsp3) is 0.100. The predicted octanol–water partition coefficient (Wildman–Crippen LogP) is 3.92. The third-order valence-electron chi connectivity index (χ3n) is 3.59. The summed E-state index contributed by atoms with van der Waals surface area (Å²) in [4.78, 5) is 16.7. The van der Waals surface area contributed by atoms with Crippen LogP contribution in [0.5, 0.6) is 11.5 Å². The van der Waals surface area contributed by atoms with Crippen LogP contribution in [0.4, 0.5) is 5.82 Å². The molecule has 0 saturated heterocycles. The molecule has 25 heavy (non-hydrogen) atoms. The van der Waals surface area contributed by atoms with Crippen molar-refractivity contribution in [2.45, 2.75) is 6.61 Å². The van der Waals surface area contributed by atoms with E-state index in [4.69, 9.17) is 9.47 Å². The van der Waals surface area contributed by atoms with Gasteiger partial charge in [-0.1, -0.05) is 42.5 Å². The maximum absolute atomic E-state index is 12.5. The standard InChI is InChI=1S/C20H18N2O3/c1-24-17-11-6-5-10-16(17)20(23)22-19-18(12-7-13-21-19)25-14-15-8-3-2-4-9-15/h2-13H,14H2,1H3,(H,21,22,23). The van der Waals surface area contributed by atoms with E-state index in [1.165, 1.54) is 7.11 Å². The molecule has 126 valence electrons. The zero-order valence-corrected chi connectivity index (χ0v) is 13.8. The first kappa shape index (κ1) is 16.5. The van der Waals surface area contributed by atoms with E-state index in [0.717, 1.165) is 5.56 Å². The Morgan fingerprint density at radius 2 is 1.68 bits per heavy atom. The Hall–Kier alpha value is -3.34. The van der Waals surface area contributed by atoms with Gasteiger partial charge in [-0.15, -0.1) is 0 Å². The maximum atomic E-state index is 12.5. The first-order valence-electron chi connectivity index (χ1n) is 7.84. The minimum Gasteiger partial charge on any atom is -0.496 e. The third-order valence-corrected chi connectivity index (χ3v) is 3.59. The number of rotatable bonds is 6. The number of pyridine rings is 1. The molecule has 0 unspecified atom stereocenters. The summed E-state index contributed by atoms with van der Waals surface area (Å²) in [5.41, 5.74) is 1.47. The molecule has 0 aliphatic carbocycles. The average molecular weight is 334 g/mol. The van der Waals surface area contributed by atoms with Crippen LogP contribution >= 0.6 is 0 Å². The van der Waals surface area contributed by atoms with Crippen molar-refractivity contribution in [1.82, 2.24) is 4.98 Å². The molecule has 0 aliphatic rings. The predicted molar refractivity (Wildman–Crippen MR) is 96.0 cm³/mol. The molecular weight excluding hydrogens is 316 g/mol. The number of carbonyl (C=O) groups excluding carboxylic acids is 1. The zero-order chi connectivity index (χ0) is 17.5. The Balaban J connectivity index is 1.75. The van der Waals surface area contributed by atoms with Crippen LogP contribution in [-0.4, -0.2) is 18.0 Å². The number of carbonyl (C=O) groups is 1. The van der Waals surface area contributed by atoms with E-state index in [1.807, 2.05) is 36.4 Å². The fourth-order valence-corrected chi connectivity index (χ4v) is 2.34. The molecule has 1 amide bonds. The van der Waals surface area contributed by atoms with E-state index in [0.29, 0.717) is 29.5 Å². The summed E-state index contributed by atoms with van der Waals surface area (Å²) in [5, 5.41) is 2.78. The van der Waals surface area contributed by atoms with Crippen LogP contribution in [0.1, 0.15) is 15.9 Å². The van der Waals surface area contributed by atoms with Crippen LogP contribution in [0.25, 0.3) is 0 Å². The van der Waals surface area contributed by atoms with Gasteiger partial charge in [-0.25, -0.2) is 4.98 Å². The second kappa shape index (κ2) is 7.97. The Kier molecular flexibility index (Phi) is 5.26. The molecule has 5 heteroatoms. The van der Waals surface area contributed by atoms with Crippen molar-refractivity contribution in [2.75, 3.05) is 12.4 Å². The summed E-state index contributed by atoms with van der Waals surface area (Å²) >= 11 is 0. The first-order chi connectivity index (χ1) is 12.3. The Bertz CT molecular complexity index is 850. The highest BCUT2D eigenvalue weighted by Gasteiger charge is 2.14. The molecule has 1 heterocycles. The van der Waals surface area contributed by atoms with Gasteiger partial charge in [0.1, 0.15) is 12.4 Å². The van der Waals surface area contributed by atoms with Crippen molar-refractivity contribution >= 4 is 11.7 Å². The van der Waals surface area contributed by atoms with Crippen molar-refractivity contribution in [2.24, 2.45) is 0 Å². The lowest BCUT2D eigenvalue weighted by Gasteiger charge is -2.12. The van der Waals surface area contributed by atoms with Gasteiger partial charge in [0.25, 0.3) is 5.91 Å². The van der Waals surface area contributed by atoms with Gasteiger partial charge in [0.2, 0.25) is 0 Å². The number of nitrogens with one attached hydrogen (secondary N) is 1. The van der Waals surface area contributed by atoms with E-state index in [9.17, 15) is 4.79 Å². The monoisotopic (exact) mass is 334 g/mol. The highest BCUT2D eigenvalue weighted by Crippen LogP contribution is 2.24. The number of anilines is 1. The number of nitrogens with zero attached hydrogens (tertiary/aromatic N) is 1. The van der Waals surface area contributed by atoms with Gasteiger partial charge in [0, 0.05) is 6.20 Å². The average Bonchev–Trinajstić information content (AvgIpc) is 2.68. The number of aromatic nitrogens is 1. The van der Waals surface area contributed by atoms with Gasteiger partial charge in [-0.05, 0) is 29.8 Å². The van der Waals surface area contributed by atoms with Crippen LogP contribution in [0, 0.1) is 0 Å². The van der Waals surface area contributed by atoms with Gasteiger partial charge < -0.3 is 14.8 Å². The number of ether oxygens (including phenoxy) is 2. The summed E-state index contributed by atoms with van der Waals surface area (Å²) < 4.78 is 11.0. The number of benzene rings is 2. The highest BCUT2D eigenvalue weighted by atomic mass is 16.5. The molecule has 1 aromatic heterocycles. The second-order valence-electron chi connectivity index (χ2n) is 5.28. The van der Waals surface area contributed by atoms with Gasteiger partial charge in [-0.3, -0.25) is 4.79 Å². The van der Waals surface area contributed by atoms with E-state index >= 15 is 0 Å². The van der Waals surface area contributed by atoms with Crippen LogP contribution < -0.4 is 14.8 Å². The SMILES string of the molecule is COc1ccccc1C(=O)Nc1ncccc1OCc1ccccc1. The number of amides is 1. The molecular formula is C20H18N2O3. The number of hydrogen-bond acceptors (Lipinski definition) is 4. The molecule has 1 N–H and O–H groups in total. The van der Waals surface area contributed by atoms with Crippen molar-refractivity contribution in [3.8, 4) is 11.5 Å². The van der Waals surface area contributed by atoms with Crippen molar-refractivity contribution in [3.63, 3.8) is 0 Å². The lowest BCUT2D eigenvalue weighted by molar-refractivity contribution is 0.102. The largest absolute Gasteiger partial charge is 0.496 e. The minimum atomic E-state index is -0.305. The highest BCUT2D eigenvalue weighted by molar-refractivity contribution is 6.06. The van der Waals surface area contributed by atoms with Gasteiger partial charge >= 0.3 is 0 Å². The molecule has 2 aromatic carbocycles. The smallest absolute Gasteiger partial charge is 0.260 e. The minimum absolute atomic E-state index is 0.305. The van der Waals surface area contributed by atoms with Crippen molar-refractivity contribution < 1.29 is 14.3 Å². The van der Waals surface area contributed by atoms with E-state index < -0.39 is 0 Å². The quantitative estimate of drug-likeness (QED) is 0.742. The number of hydrogen-bond donors (Lipinski definition) is 1. The summed E-state index contributed by atoms with van der Waals surface area (Å²) in [6.07, 6.45) is 1.60. The van der Waals surface area contributed by atoms with Gasteiger partial charge in [0.05, 0.1) is 12.7 Å². The molecule has 3 aromatic rings. The summed E-state index contributed by atoms with van der Waals surface area (Å²) in [6.45, 7) is 0.393. The second-order valence-corrected chi connectivity index (χ2v) is 5.28. The molecule has 3 rings (SSSR count). The zero-order valence-electron chi connectivity index (χ0n) is 13.8. The van der Waals surface area contributed by atoms with Crippen LogP contribution in [0.15, 0.2) is 72.9 Å². The Morgan fingerprint density at radius 1 is 0.960 bits per heavy atom. The summed E-state index contributed by atoms with van der Waals surface area (Å²) in [5.74, 6) is 1.08. The molecule has 5 nitrogen and oxygen atoms in total. The number of para-hydroxylation sites is 1.